The minimum atomic E-state index is -0.0875. The van der Waals surface area contributed by atoms with Gasteiger partial charge in [-0.05, 0) is 63.8 Å². The van der Waals surface area contributed by atoms with Crippen molar-refractivity contribution in [2.24, 2.45) is 0 Å². The van der Waals surface area contributed by atoms with Gasteiger partial charge in [0, 0.05) is 57.1 Å². The summed E-state index contributed by atoms with van der Waals surface area (Å²) in [5, 5.41) is 0. The van der Waals surface area contributed by atoms with Crippen molar-refractivity contribution in [2.45, 2.75) is 19.3 Å². The zero-order chi connectivity index (χ0) is 22.5. The number of benzene rings is 2. The van der Waals surface area contributed by atoms with Crippen molar-refractivity contribution in [1.82, 2.24) is 0 Å². The normalized spacial score (nSPS) is 16.5. The molecule has 160 valence electrons. The van der Waals surface area contributed by atoms with Crippen molar-refractivity contribution in [3.05, 3.63) is 88.5 Å². The zero-order valence-electron chi connectivity index (χ0n) is 20.1. The van der Waals surface area contributed by atoms with Gasteiger partial charge >= 0.3 is 0 Å². The van der Waals surface area contributed by atoms with Gasteiger partial charge in [0.1, 0.15) is 14.1 Å². The number of hydrogen-bond acceptors (Lipinski definition) is 2. The summed E-state index contributed by atoms with van der Waals surface area (Å²) >= 11 is 0. The standard InChI is InChI=1S/C28H34N3/c1-28(2)25-17-21(30(5)6)13-15-23(25)27(19-9-11-20(12-10-19)29(3)4)24-16-14-22(31(7)8)18-26(24)28/h9-18H,1-8H3/q+1. The molecule has 0 heterocycles. The van der Waals surface area contributed by atoms with Crippen LogP contribution in [0.4, 0.5) is 11.4 Å². The van der Waals surface area contributed by atoms with Gasteiger partial charge in [-0.1, -0.05) is 32.0 Å². The maximum atomic E-state index is 2.37. The first kappa shape index (κ1) is 21.2. The molecule has 0 radical (unpaired) electrons. The van der Waals surface area contributed by atoms with Gasteiger partial charge in [-0.3, -0.25) is 0 Å². The van der Waals surface area contributed by atoms with Crippen LogP contribution in [-0.2, 0) is 5.41 Å². The lowest BCUT2D eigenvalue weighted by atomic mass is 9.64. The lowest BCUT2D eigenvalue weighted by Gasteiger charge is -2.39. The quantitative estimate of drug-likeness (QED) is 0.647. The molecule has 0 fully saturated rings. The highest BCUT2D eigenvalue weighted by atomic mass is 15.1. The first-order valence-electron chi connectivity index (χ1n) is 10.9. The van der Waals surface area contributed by atoms with Crippen LogP contribution < -0.4 is 9.80 Å². The predicted molar refractivity (Wildman–Crippen MR) is 135 cm³/mol. The highest BCUT2D eigenvalue weighted by Crippen LogP contribution is 2.50. The second-order valence-electron chi connectivity index (χ2n) is 9.69. The van der Waals surface area contributed by atoms with Gasteiger partial charge in [-0.25, -0.2) is 4.58 Å². The first-order valence-corrected chi connectivity index (χ1v) is 10.9. The number of nitrogens with zero attached hydrogens (tertiary/aromatic N) is 3. The van der Waals surface area contributed by atoms with Crippen molar-refractivity contribution in [3.63, 3.8) is 0 Å². The summed E-state index contributed by atoms with van der Waals surface area (Å²) in [6.45, 7) is 4.71. The number of allylic oxidation sites excluding steroid dienone is 5. The highest BCUT2D eigenvalue weighted by molar-refractivity contribution is 6.06. The smallest absolute Gasteiger partial charge is 0.199 e. The summed E-state index contributed by atoms with van der Waals surface area (Å²) < 4.78 is 2.19. The Kier molecular flexibility index (Phi) is 5.17. The Morgan fingerprint density at radius 3 is 1.97 bits per heavy atom. The van der Waals surface area contributed by atoms with E-state index in [1.54, 1.807) is 0 Å². The van der Waals surface area contributed by atoms with Crippen molar-refractivity contribution in [2.75, 3.05) is 52.1 Å². The molecular weight excluding hydrogens is 378 g/mol. The summed E-state index contributed by atoms with van der Waals surface area (Å²) in [7, 11) is 12.6. The Hall–Kier alpha value is -3.07. The van der Waals surface area contributed by atoms with Gasteiger partial charge in [0.2, 0.25) is 0 Å². The average Bonchev–Trinajstić information content (AvgIpc) is 2.73. The average molecular weight is 413 g/mol. The van der Waals surface area contributed by atoms with Gasteiger partial charge < -0.3 is 9.80 Å². The molecule has 0 atom stereocenters. The molecule has 31 heavy (non-hydrogen) atoms. The first-order chi connectivity index (χ1) is 14.6. The molecule has 0 saturated carbocycles. The lowest BCUT2D eigenvalue weighted by Crippen LogP contribution is -2.30. The molecule has 3 heteroatoms. The minimum absolute atomic E-state index is 0.0875. The van der Waals surface area contributed by atoms with E-state index in [9.17, 15) is 0 Å². The maximum Gasteiger partial charge on any atom is 0.199 e. The van der Waals surface area contributed by atoms with E-state index >= 15 is 0 Å². The molecular formula is C28H34N3+. The largest absolute Gasteiger partial charge is 0.378 e. The monoisotopic (exact) mass is 412 g/mol. The van der Waals surface area contributed by atoms with Crippen LogP contribution >= 0.6 is 0 Å². The third kappa shape index (κ3) is 3.52. The van der Waals surface area contributed by atoms with Crippen LogP contribution in [-0.4, -0.2) is 52.6 Å². The van der Waals surface area contributed by atoms with Crippen LogP contribution in [0.1, 0.15) is 30.5 Å². The molecule has 2 aliphatic carbocycles. The molecule has 2 aromatic rings. The van der Waals surface area contributed by atoms with Crippen LogP contribution in [0.2, 0.25) is 0 Å². The molecule has 0 aliphatic heterocycles. The topological polar surface area (TPSA) is 9.49 Å². The van der Waals surface area contributed by atoms with E-state index in [0.717, 1.165) is 0 Å². The third-order valence-corrected chi connectivity index (χ3v) is 6.60. The Balaban J connectivity index is 2.03. The van der Waals surface area contributed by atoms with Crippen molar-refractivity contribution in [3.8, 4) is 0 Å². The Labute approximate surface area is 187 Å². The predicted octanol–water partition coefficient (Wildman–Crippen LogP) is 5.12. The number of fused-ring (bicyclic) bond motifs is 2. The maximum absolute atomic E-state index is 2.37. The Bertz CT molecular complexity index is 1150. The van der Waals surface area contributed by atoms with Gasteiger partial charge in [0.15, 0.2) is 5.71 Å². The van der Waals surface area contributed by atoms with E-state index in [1.807, 2.05) is 0 Å². The molecule has 2 aromatic carbocycles. The van der Waals surface area contributed by atoms with Crippen LogP contribution in [0, 0.1) is 0 Å². The van der Waals surface area contributed by atoms with Crippen molar-refractivity contribution < 1.29 is 4.58 Å². The van der Waals surface area contributed by atoms with Crippen LogP contribution in [0.25, 0.3) is 5.57 Å². The minimum Gasteiger partial charge on any atom is -0.378 e. The molecule has 4 rings (SSSR count). The highest BCUT2D eigenvalue weighted by Gasteiger charge is 2.38. The SMILES string of the molecule is CN(C)c1ccc(C2=C3C=CC(=[N+](C)C)C=C3C(C)(C)c3cc(N(C)C)ccc32)cc1. The van der Waals surface area contributed by atoms with Gasteiger partial charge in [0.05, 0.1) is 0 Å². The molecule has 0 aromatic heterocycles. The third-order valence-electron chi connectivity index (χ3n) is 6.60. The number of rotatable bonds is 3. The van der Waals surface area contributed by atoms with E-state index in [2.05, 4.69) is 131 Å². The van der Waals surface area contributed by atoms with E-state index in [0.29, 0.717) is 0 Å². The van der Waals surface area contributed by atoms with E-state index < -0.39 is 0 Å². The number of anilines is 2. The zero-order valence-corrected chi connectivity index (χ0v) is 20.1. The fourth-order valence-electron chi connectivity index (χ4n) is 4.62. The van der Waals surface area contributed by atoms with Gasteiger partial charge in [-0.15, -0.1) is 0 Å². The second-order valence-corrected chi connectivity index (χ2v) is 9.69. The molecule has 0 N–H and O–H groups in total. The molecule has 0 saturated heterocycles. The molecule has 0 bridgehead atoms. The van der Waals surface area contributed by atoms with Gasteiger partial charge in [0.25, 0.3) is 0 Å². The van der Waals surface area contributed by atoms with E-state index in [4.69, 9.17) is 0 Å². The summed E-state index contributed by atoms with van der Waals surface area (Å²) in [6, 6.07) is 15.9. The summed E-state index contributed by atoms with van der Waals surface area (Å²) in [6.07, 6.45) is 6.92. The van der Waals surface area contributed by atoms with Crippen LogP contribution in [0.5, 0.6) is 0 Å². The summed E-state index contributed by atoms with van der Waals surface area (Å²) in [5.41, 5.74) is 11.6. The van der Waals surface area contributed by atoms with Crippen molar-refractivity contribution in [1.29, 1.82) is 0 Å². The van der Waals surface area contributed by atoms with Crippen molar-refractivity contribution >= 4 is 22.7 Å². The van der Waals surface area contributed by atoms with E-state index in [1.165, 1.54) is 50.5 Å². The molecule has 0 amide bonds. The molecule has 0 unspecified atom stereocenters. The van der Waals surface area contributed by atoms with Crippen LogP contribution in [0.15, 0.2) is 71.8 Å². The lowest BCUT2D eigenvalue weighted by molar-refractivity contribution is -0.462. The number of hydrogen-bond donors (Lipinski definition) is 0. The second kappa shape index (κ2) is 7.56. The molecule has 0 spiro atoms. The van der Waals surface area contributed by atoms with E-state index in [-0.39, 0.29) is 5.41 Å². The summed E-state index contributed by atoms with van der Waals surface area (Å²) in [5.74, 6) is 0. The van der Waals surface area contributed by atoms with Crippen LogP contribution in [0.3, 0.4) is 0 Å². The Morgan fingerprint density at radius 1 is 0.774 bits per heavy atom. The molecule has 3 nitrogen and oxygen atoms in total. The Morgan fingerprint density at radius 2 is 1.39 bits per heavy atom. The fraction of sp³-hybridized carbons (Fsp3) is 0.321. The van der Waals surface area contributed by atoms with Gasteiger partial charge in [-0.2, -0.15) is 0 Å². The summed E-state index contributed by atoms with van der Waals surface area (Å²) in [4.78, 5) is 4.33. The molecule has 2 aliphatic rings. The fourth-order valence-corrected chi connectivity index (χ4v) is 4.62.